The van der Waals surface area contributed by atoms with E-state index in [1.807, 2.05) is 13.2 Å². The number of rotatable bonds is 4. The molecule has 1 N–H and O–H groups in total. The summed E-state index contributed by atoms with van der Waals surface area (Å²) >= 11 is 0. The summed E-state index contributed by atoms with van der Waals surface area (Å²) in [5, 5.41) is 3.10. The molecule has 3 nitrogen and oxygen atoms in total. The second-order valence-corrected chi connectivity index (χ2v) is 4.37. The highest BCUT2D eigenvalue weighted by atomic mass is 15.2. The monoisotopic (exact) mass is 219 g/mol. The number of aromatic nitrogens is 1. The predicted molar refractivity (Wildman–Crippen MR) is 69.1 cm³/mol. The lowest BCUT2D eigenvalue weighted by Gasteiger charge is -2.30. The fourth-order valence-electron chi connectivity index (χ4n) is 2.60. The number of nitrogens with zero attached hydrogens (tertiary/aromatic N) is 2. The van der Waals surface area contributed by atoms with Crippen molar-refractivity contribution in [3.63, 3.8) is 0 Å². The maximum atomic E-state index is 4.26. The van der Waals surface area contributed by atoms with Crippen molar-refractivity contribution in [1.82, 2.24) is 4.98 Å². The van der Waals surface area contributed by atoms with Crippen LogP contribution in [-0.2, 0) is 0 Å². The van der Waals surface area contributed by atoms with Crippen LogP contribution in [-0.4, -0.2) is 24.6 Å². The van der Waals surface area contributed by atoms with Gasteiger partial charge in [-0.25, -0.2) is 4.98 Å². The molecule has 1 aliphatic carbocycles. The van der Waals surface area contributed by atoms with Gasteiger partial charge in [0.1, 0.15) is 5.82 Å². The van der Waals surface area contributed by atoms with E-state index in [1.165, 1.54) is 31.4 Å². The van der Waals surface area contributed by atoms with Crippen LogP contribution >= 0.6 is 0 Å². The van der Waals surface area contributed by atoms with Gasteiger partial charge in [-0.1, -0.05) is 12.8 Å². The van der Waals surface area contributed by atoms with Gasteiger partial charge < -0.3 is 10.2 Å². The summed E-state index contributed by atoms with van der Waals surface area (Å²) in [6.45, 7) is 3.32. The van der Waals surface area contributed by atoms with Crippen molar-refractivity contribution in [3.8, 4) is 0 Å². The number of pyridine rings is 1. The Hall–Kier alpha value is -1.25. The van der Waals surface area contributed by atoms with Crippen LogP contribution in [0.25, 0.3) is 0 Å². The molecule has 0 bridgehead atoms. The highest BCUT2D eigenvalue weighted by molar-refractivity contribution is 5.54. The quantitative estimate of drug-likeness (QED) is 0.844. The van der Waals surface area contributed by atoms with Crippen molar-refractivity contribution >= 4 is 11.5 Å². The normalized spacial score (nSPS) is 16.4. The van der Waals surface area contributed by atoms with Crippen LogP contribution in [0.15, 0.2) is 18.3 Å². The molecule has 2 rings (SSSR count). The van der Waals surface area contributed by atoms with Gasteiger partial charge >= 0.3 is 0 Å². The third-order valence-electron chi connectivity index (χ3n) is 3.44. The summed E-state index contributed by atoms with van der Waals surface area (Å²) in [5.41, 5.74) is 1.30. The number of hydrogen-bond acceptors (Lipinski definition) is 3. The minimum atomic E-state index is 0.733. The predicted octanol–water partition coefficient (Wildman–Crippen LogP) is 2.89. The van der Waals surface area contributed by atoms with E-state index in [0.29, 0.717) is 0 Å². The highest BCUT2D eigenvalue weighted by Gasteiger charge is 2.21. The fraction of sp³-hybridized carbons (Fsp3) is 0.615. The van der Waals surface area contributed by atoms with Crippen molar-refractivity contribution < 1.29 is 0 Å². The zero-order valence-corrected chi connectivity index (χ0v) is 10.2. The summed E-state index contributed by atoms with van der Waals surface area (Å²) < 4.78 is 0. The van der Waals surface area contributed by atoms with Crippen molar-refractivity contribution in [3.05, 3.63) is 18.3 Å². The van der Waals surface area contributed by atoms with Crippen molar-refractivity contribution in [1.29, 1.82) is 0 Å². The highest BCUT2D eigenvalue weighted by Crippen LogP contribution is 2.28. The molecule has 0 spiro atoms. The molecule has 0 unspecified atom stereocenters. The molecule has 1 fully saturated rings. The minimum Gasteiger partial charge on any atom is -0.373 e. The summed E-state index contributed by atoms with van der Waals surface area (Å²) in [5.74, 6) is 0.953. The standard InChI is InChI=1S/C13H21N3/c1-3-16(11-6-4-5-7-11)12-8-9-15-13(10-12)14-2/h8-11H,3-7H2,1-2H3,(H,14,15). The Kier molecular flexibility index (Phi) is 3.65. The van der Waals surface area contributed by atoms with E-state index in [9.17, 15) is 0 Å². The third-order valence-corrected chi connectivity index (χ3v) is 3.44. The van der Waals surface area contributed by atoms with E-state index < -0.39 is 0 Å². The first-order valence-corrected chi connectivity index (χ1v) is 6.25. The minimum absolute atomic E-state index is 0.733. The van der Waals surface area contributed by atoms with E-state index in [1.54, 1.807) is 0 Å². The van der Waals surface area contributed by atoms with Crippen molar-refractivity contribution in [2.75, 3.05) is 23.8 Å². The molecule has 1 aromatic heterocycles. The molecule has 16 heavy (non-hydrogen) atoms. The largest absolute Gasteiger partial charge is 0.373 e. The van der Waals surface area contributed by atoms with Gasteiger partial charge in [-0.15, -0.1) is 0 Å². The maximum absolute atomic E-state index is 4.26. The number of hydrogen-bond donors (Lipinski definition) is 1. The van der Waals surface area contributed by atoms with Crippen LogP contribution in [0.2, 0.25) is 0 Å². The topological polar surface area (TPSA) is 28.2 Å². The Morgan fingerprint density at radius 1 is 1.44 bits per heavy atom. The number of anilines is 2. The molecule has 1 aliphatic rings. The van der Waals surface area contributed by atoms with Crippen LogP contribution < -0.4 is 10.2 Å². The van der Waals surface area contributed by atoms with Gasteiger partial charge in [-0.2, -0.15) is 0 Å². The van der Waals surface area contributed by atoms with E-state index in [0.717, 1.165) is 18.4 Å². The maximum Gasteiger partial charge on any atom is 0.127 e. The summed E-state index contributed by atoms with van der Waals surface area (Å²) in [6.07, 6.45) is 7.32. The lowest BCUT2D eigenvalue weighted by Crippen LogP contribution is -2.32. The van der Waals surface area contributed by atoms with Crippen LogP contribution in [0.4, 0.5) is 11.5 Å². The average molecular weight is 219 g/mol. The van der Waals surface area contributed by atoms with Gasteiger partial charge in [0.05, 0.1) is 0 Å². The van der Waals surface area contributed by atoms with Gasteiger partial charge in [-0.3, -0.25) is 0 Å². The van der Waals surface area contributed by atoms with Gasteiger partial charge in [0.25, 0.3) is 0 Å². The van der Waals surface area contributed by atoms with Gasteiger partial charge in [-0.05, 0) is 25.8 Å². The van der Waals surface area contributed by atoms with Crippen LogP contribution in [0.1, 0.15) is 32.6 Å². The van der Waals surface area contributed by atoms with E-state index in [4.69, 9.17) is 0 Å². The third kappa shape index (κ3) is 2.29. The summed E-state index contributed by atoms with van der Waals surface area (Å²) in [6, 6.07) is 4.99. The first-order valence-electron chi connectivity index (χ1n) is 6.25. The smallest absolute Gasteiger partial charge is 0.127 e. The van der Waals surface area contributed by atoms with Gasteiger partial charge in [0, 0.05) is 37.6 Å². The first-order chi connectivity index (χ1) is 7.85. The van der Waals surface area contributed by atoms with Crippen LogP contribution in [0, 0.1) is 0 Å². The Bertz CT molecular complexity index is 332. The lowest BCUT2D eigenvalue weighted by atomic mass is 10.2. The lowest BCUT2D eigenvalue weighted by molar-refractivity contribution is 0.620. The van der Waals surface area contributed by atoms with Crippen molar-refractivity contribution in [2.24, 2.45) is 0 Å². The zero-order chi connectivity index (χ0) is 11.4. The molecule has 88 valence electrons. The van der Waals surface area contributed by atoms with Gasteiger partial charge in [0.15, 0.2) is 0 Å². The van der Waals surface area contributed by atoms with E-state index >= 15 is 0 Å². The Balaban J connectivity index is 2.18. The molecule has 1 aromatic rings. The molecular weight excluding hydrogens is 198 g/mol. The molecule has 0 amide bonds. The molecule has 1 saturated carbocycles. The fourth-order valence-corrected chi connectivity index (χ4v) is 2.60. The van der Waals surface area contributed by atoms with E-state index in [-0.39, 0.29) is 0 Å². The molecule has 3 heteroatoms. The summed E-state index contributed by atoms with van der Waals surface area (Å²) in [7, 11) is 1.91. The second-order valence-electron chi connectivity index (χ2n) is 4.37. The Labute approximate surface area is 97.9 Å². The van der Waals surface area contributed by atoms with Gasteiger partial charge in [0.2, 0.25) is 0 Å². The molecular formula is C13H21N3. The Morgan fingerprint density at radius 3 is 2.81 bits per heavy atom. The first kappa shape index (κ1) is 11.2. The SMILES string of the molecule is CCN(c1ccnc(NC)c1)C1CCCC1. The Morgan fingerprint density at radius 2 is 2.19 bits per heavy atom. The molecule has 0 atom stereocenters. The second kappa shape index (κ2) is 5.19. The molecule has 0 aromatic carbocycles. The number of nitrogens with one attached hydrogen (secondary N) is 1. The average Bonchev–Trinajstić information content (AvgIpc) is 2.84. The van der Waals surface area contributed by atoms with Crippen molar-refractivity contribution in [2.45, 2.75) is 38.6 Å². The molecule has 0 saturated heterocycles. The van der Waals surface area contributed by atoms with E-state index in [2.05, 4.69) is 34.3 Å². The molecule has 1 heterocycles. The molecule has 0 aliphatic heterocycles. The van der Waals surface area contributed by atoms with Crippen LogP contribution in [0.3, 0.4) is 0 Å². The summed E-state index contributed by atoms with van der Waals surface area (Å²) in [4.78, 5) is 6.77. The van der Waals surface area contributed by atoms with Crippen LogP contribution in [0.5, 0.6) is 0 Å². The molecule has 0 radical (unpaired) electrons. The zero-order valence-electron chi connectivity index (χ0n) is 10.2.